The van der Waals surface area contributed by atoms with Gasteiger partial charge in [0, 0.05) is 0 Å². The lowest BCUT2D eigenvalue weighted by Crippen LogP contribution is -2.24. The van der Waals surface area contributed by atoms with E-state index in [9.17, 15) is 0 Å². The first kappa shape index (κ1) is 9.09. The van der Waals surface area contributed by atoms with Gasteiger partial charge in [-0.15, -0.1) is 0 Å². The van der Waals surface area contributed by atoms with Crippen LogP contribution < -0.4 is 0 Å². The molecule has 2 atom stereocenters. The summed E-state index contributed by atoms with van der Waals surface area (Å²) in [5.41, 5.74) is 0. The summed E-state index contributed by atoms with van der Waals surface area (Å²) in [6.07, 6.45) is 8.06. The molecule has 1 saturated carbocycles. The van der Waals surface area contributed by atoms with Gasteiger partial charge in [-0.2, -0.15) is 0 Å². The summed E-state index contributed by atoms with van der Waals surface area (Å²) in [5.74, 6) is 2.92. The van der Waals surface area contributed by atoms with Gasteiger partial charge in [0.15, 0.2) is 0 Å². The summed E-state index contributed by atoms with van der Waals surface area (Å²) in [7, 11) is 0. The third-order valence-corrected chi connectivity index (χ3v) is 3.29. The maximum absolute atomic E-state index is 2.42. The molecular weight excluding hydrogens is 132 g/mol. The monoisotopic (exact) mass is 153 g/mol. The van der Waals surface area contributed by atoms with Crippen LogP contribution in [0.2, 0.25) is 0 Å². The van der Waals surface area contributed by atoms with E-state index in [0.29, 0.717) is 0 Å². The van der Waals surface area contributed by atoms with Crippen LogP contribution in [0.3, 0.4) is 0 Å². The molecule has 0 spiro atoms. The van der Waals surface area contributed by atoms with Crippen LogP contribution >= 0.6 is 0 Å². The van der Waals surface area contributed by atoms with Crippen molar-refractivity contribution in [3.8, 4) is 0 Å². The first-order chi connectivity index (χ1) is 5.25. The van der Waals surface area contributed by atoms with E-state index in [1.165, 1.54) is 25.7 Å². The van der Waals surface area contributed by atoms with E-state index in [0.717, 1.165) is 17.8 Å². The Hall–Kier alpha value is 0. The van der Waals surface area contributed by atoms with E-state index in [1.807, 2.05) is 0 Å². The fraction of sp³-hybridized carbons (Fsp3) is 0.909. The third kappa shape index (κ3) is 2.21. The van der Waals surface area contributed by atoms with Gasteiger partial charge in [0.2, 0.25) is 0 Å². The normalized spacial score (nSPS) is 39.0. The number of rotatable bonds is 2. The fourth-order valence-electron chi connectivity index (χ4n) is 2.49. The standard InChI is InChI=1S/C11H21/c1-4-6-11-9(2)7-5-8-10(11)3/h4,9-11H,5-8H2,1-3H3. The Morgan fingerprint density at radius 1 is 1.18 bits per heavy atom. The Labute approximate surface area is 71.4 Å². The smallest absolute Gasteiger partial charge is 0.0360 e. The number of hydrogen-bond donors (Lipinski definition) is 0. The summed E-state index contributed by atoms with van der Waals surface area (Å²) in [6, 6.07) is 0. The van der Waals surface area contributed by atoms with Crippen LogP contribution in [-0.4, -0.2) is 0 Å². The second-order valence-corrected chi connectivity index (χ2v) is 4.19. The van der Waals surface area contributed by atoms with Gasteiger partial charge >= 0.3 is 0 Å². The molecule has 0 bridgehead atoms. The van der Waals surface area contributed by atoms with Crippen molar-refractivity contribution in [2.45, 2.75) is 46.5 Å². The zero-order chi connectivity index (χ0) is 8.27. The molecule has 1 aliphatic carbocycles. The molecule has 1 fully saturated rings. The molecule has 1 aliphatic rings. The van der Waals surface area contributed by atoms with E-state index in [1.54, 1.807) is 0 Å². The van der Waals surface area contributed by atoms with Crippen molar-refractivity contribution in [3.63, 3.8) is 0 Å². The summed E-state index contributed by atoms with van der Waals surface area (Å²) >= 11 is 0. The van der Waals surface area contributed by atoms with Gasteiger partial charge < -0.3 is 0 Å². The van der Waals surface area contributed by atoms with Crippen LogP contribution in [0.15, 0.2) is 0 Å². The predicted octanol–water partition coefficient (Wildman–Crippen LogP) is 3.67. The van der Waals surface area contributed by atoms with Crippen LogP contribution in [0, 0.1) is 24.2 Å². The summed E-state index contributed by atoms with van der Waals surface area (Å²) < 4.78 is 0. The van der Waals surface area contributed by atoms with Crippen LogP contribution in [-0.2, 0) is 0 Å². The molecule has 0 nitrogen and oxygen atoms in total. The largest absolute Gasteiger partial charge is 0.0622 e. The molecule has 2 unspecified atom stereocenters. The molecule has 0 aromatic heterocycles. The van der Waals surface area contributed by atoms with Gasteiger partial charge in [-0.25, -0.2) is 0 Å². The number of hydrogen-bond acceptors (Lipinski definition) is 0. The topological polar surface area (TPSA) is 0 Å². The van der Waals surface area contributed by atoms with Crippen molar-refractivity contribution in [2.75, 3.05) is 0 Å². The van der Waals surface area contributed by atoms with E-state index >= 15 is 0 Å². The van der Waals surface area contributed by atoms with Crippen molar-refractivity contribution in [3.05, 3.63) is 6.42 Å². The summed E-state index contributed by atoms with van der Waals surface area (Å²) in [4.78, 5) is 0. The van der Waals surface area contributed by atoms with Crippen molar-refractivity contribution in [1.82, 2.24) is 0 Å². The molecule has 0 saturated heterocycles. The lowest BCUT2D eigenvalue weighted by Gasteiger charge is -2.34. The lowest BCUT2D eigenvalue weighted by atomic mass is 9.72. The van der Waals surface area contributed by atoms with Crippen molar-refractivity contribution in [2.24, 2.45) is 17.8 Å². The Balaban J connectivity index is 2.41. The Bertz CT molecular complexity index is 96.6. The maximum Gasteiger partial charge on any atom is -0.0360 e. The molecular formula is C11H21. The summed E-state index contributed by atoms with van der Waals surface area (Å²) in [6.45, 7) is 7.03. The fourth-order valence-corrected chi connectivity index (χ4v) is 2.49. The van der Waals surface area contributed by atoms with Gasteiger partial charge in [0.1, 0.15) is 0 Å². The van der Waals surface area contributed by atoms with Gasteiger partial charge in [-0.1, -0.05) is 40.0 Å². The quantitative estimate of drug-likeness (QED) is 0.568. The molecule has 1 radical (unpaired) electrons. The predicted molar refractivity (Wildman–Crippen MR) is 50.3 cm³/mol. The molecule has 1 rings (SSSR count). The minimum absolute atomic E-state index is 0.968. The van der Waals surface area contributed by atoms with Gasteiger partial charge in [-0.05, 0) is 30.6 Å². The van der Waals surface area contributed by atoms with Crippen molar-refractivity contribution >= 4 is 0 Å². The molecule has 0 aromatic carbocycles. The molecule has 65 valence electrons. The summed E-state index contributed by atoms with van der Waals surface area (Å²) in [5, 5.41) is 0. The molecule has 0 heteroatoms. The second kappa shape index (κ2) is 4.13. The first-order valence-electron chi connectivity index (χ1n) is 5.03. The maximum atomic E-state index is 2.42. The highest BCUT2D eigenvalue weighted by Crippen LogP contribution is 2.36. The van der Waals surface area contributed by atoms with Crippen LogP contribution in [0.25, 0.3) is 0 Å². The average Bonchev–Trinajstić information content (AvgIpc) is 1.97. The van der Waals surface area contributed by atoms with Crippen molar-refractivity contribution < 1.29 is 0 Å². The first-order valence-corrected chi connectivity index (χ1v) is 5.03. The average molecular weight is 153 g/mol. The van der Waals surface area contributed by atoms with E-state index in [2.05, 4.69) is 27.2 Å². The Morgan fingerprint density at radius 3 is 2.18 bits per heavy atom. The zero-order valence-corrected chi connectivity index (χ0v) is 8.14. The third-order valence-electron chi connectivity index (χ3n) is 3.29. The molecule has 0 aliphatic heterocycles. The highest BCUT2D eigenvalue weighted by atomic mass is 14.3. The second-order valence-electron chi connectivity index (χ2n) is 4.19. The van der Waals surface area contributed by atoms with Gasteiger partial charge in [-0.3, -0.25) is 0 Å². The minimum atomic E-state index is 0.968. The molecule has 0 amide bonds. The molecule has 11 heavy (non-hydrogen) atoms. The van der Waals surface area contributed by atoms with E-state index in [-0.39, 0.29) is 0 Å². The molecule has 0 heterocycles. The van der Waals surface area contributed by atoms with Gasteiger partial charge in [0.05, 0.1) is 0 Å². The van der Waals surface area contributed by atoms with E-state index in [4.69, 9.17) is 0 Å². The van der Waals surface area contributed by atoms with Crippen molar-refractivity contribution in [1.29, 1.82) is 0 Å². The van der Waals surface area contributed by atoms with Gasteiger partial charge in [0.25, 0.3) is 0 Å². The van der Waals surface area contributed by atoms with Crippen LogP contribution in [0.4, 0.5) is 0 Å². The Morgan fingerprint density at radius 2 is 1.73 bits per heavy atom. The highest BCUT2D eigenvalue weighted by Gasteiger charge is 2.26. The van der Waals surface area contributed by atoms with Crippen LogP contribution in [0.1, 0.15) is 46.5 Å². The highest BCUT2D eigenvalue weighted by molar-refractivity contribution is 4.80. The zero-order valence-electron chi connectivity index (χ0n) is 8.14. The SMILES string of the molecule is C[CH]CC1C(C)CCCC1C. The van der Waals surface area contributed by atoms with E-state index < -0.39 is 0 Å². The molecule has 0 N–H and O–H groups in total. The Kier molecular flexibility index (Phi) is 3.42. The van der Waals surface area contributed by atoms with Crippen LogP contribution in [0.5, 0.6) is 0 Å². The lowest BCUT2D eigenvalue weighted by molar-refractivity contribution is 0.177. The minimum Gasteiger partial charge on any atom is -0.0622 e. The molecule has 0 aromatic rings.